The zero-order chi connectivity index (χ0) is 18.1. The Bertz CT molecular complexity index is 797. The molecule has 3 rings (SSSR count). The van der Waals surface area contributed by atoms with E-state index in [4.69, 9.17) is 9.15 Å². The number of oxazole rings is 1. The molecule has 1 aromatic carbocycles. The molecule has 1 amide bonds. The summed E-state index contributed by atoms with van der Waals surface area (Å²) in [5.74, 6) is -1.04. The number of nitrogens with zero attached hydrogens (tertiary/aromatic N) is 3. The average Bonchev–Trinajstić information content (AvgIpc) is 2.97. The first-order valence-corrected chi connectivity index (χ1v) is 8.25. The molecule has 2 aromatic rings. The fourth-order valence-corrected chi connectivity index (χ4v) is 3.28. The van der Waals surface area contributed by atoms with Gasteiger partial charge in [0.05, 0.1) is 12.2 Å². The van der Waals surface area contributed by atoms with Crippen molar-refractivity contribution in [1.29, 1.82) is 0 Å². The molecular weight excluding hydrogens is 333 g/mol. The fraction of sp³-hybridized carbons (Fsp3) is 0.471. The number of rotatable bonds is 3. The Balaban J connectivity index is 0.00000243. The Kier molecular flexibility index (Phi) is 6.21. The van der Waals surface area contributed by atoms with E-state index in [1.54, 1.807) is 24.0 Å². The first kappa shape index (κ1) is 20.1. The number of benzene rings is 1. The van der Waals surface area contributed by atoms with E-state index in [2.05, 4.69) is 4.98 Å². The summed E-state index contributed by atoms with van der Waals surface area (Å²) in [6.45, 7) is 7.01. The van der Waals surface area contributed by atoms with Gasteiger partial charge in [-0.1, -0.05) is 6.07 Å². The molecule has 0 spiro atoms. The Morgan fingerprint density at radius 1 is 1.31 bits per heavy atom. The van der Waals surface area contributed by atoms with Crippen LogP contribution in [-0.2, 0) is 4.74 Å². The van der Waals surface area contributed by atoms with Crippen molar-refractivity contribution in [3.05, 3.63) is 23.8 Å². The standard InChI is InChI=1S/C17H21N3O5.Li.H/c1-4-24-17(23)19-8-10(2)20(11(3)9-19)16-18-14-12(15(21)22)6-5-7-13(14)25-16;;/h5-7,10-11H,4,8-9H2,1-3H3,(H,21,22);;. The van der Waals surface area contributed by atoms with Crippen LogP contribution in [0.15, 0.2) is 22.6 Å². The van der Waals surface area contributed by atoms with Gasteiger partial charge >= 0.3 is 30.9 Å². The summed E-state index contributed by atoms with van der Waals surface area (Å²) in [5.41, 5.74) is 0.873. The zero-order valence-corrected chi connectivity index (χ0v) is 14.4. The van der Waals surface area contributed by atoms with E-state index in [-0.39, 0.29) is 42.6 Å². The number of fused-ring (bicyclic) bond motifs is 1. The van der Waals surface area contributed by atoms with Crippen molar-refractivity contribution in [2.24, 2.45) is 0 Å². The number of carboxylic acid groups (broad SMARTS) is 1. The maximum absolute atomic E-state index is 12.0. The quantitative estimate of drug-likeness (QED) is 0.841. The molecule has 2 heterocycles. The predicted molar refractivity (Wildman–Crippen MR) is 98.1 cm³/mol. The molecule has 26 heavy (non-hydrogen) atoms. The van der Waals surface area contributed by atoms with Crippen LogP contribution in [0, 0.1) is 0 Å². The molecule has 1 aromatic heterocycles. The number of piperazine rings is 1. The second kappa shape index (κ2) is 8.02. The third-order valence-electron chi connectivity index (χ3n) is 4.30. The first-order valence-electron chi connectivity index (χ1n) is 8.25. The van der Waals surface area contributed by atoms with Crippen LogP contribution in [0.5, 0.6) is 0 Å². The van der Waals surface area contributed by atoms with E-state index in [0.29, 0.717) is 36.8 Å². The minimum absolute atomic E-state index is 0. The first-order chi connectivity index (χ1) is 11.9. The van der Waals surface area contributed by atoms with Gasteiger partial charge in [0.1, 0.15) is 5.52 Å². The fourth-order valence-electron chi connectivity index (χ4n) is 3.28. The molecule has 0 bridgehead atoms. The van der Waals surface area contributed by atoms with Crippen LogP contribution in [-0.4, -0.2) is 77.7 Å². The van der Waals surface area contributed by atoms with Crippen LogP contribution in [0.2, 0.25) is 0 Å². The second-order valence-corrected chi connectivity index (χ2v) is 6.16. The number of carboxylic acids is 1. The number of para-hydroxylation sites is 1. The number of anilines is 1. The van der Waals surface area contributed by atoms with Crippen molar-refractivity contribution in [3.63, 3.8) is 0 Å². The molecule has 9 heteroatoms. The Labute approximate surface area is 163 Å². The molecule has 1 saturated heterocycles. The van der Waals surface area contributed by atoms with Crippen LogP contribution >= 0.6 is 0 Å². The third-order valence-corrected chi connectivity index (χ3v) is 4.30. The van der Waals surface area contributed by atoms with Crippen LogP contribution in [0.25, 0.3) is 11.1 Å². The van der Waals surface area contributed by atoms with Gasteiger partial charge in [-0.3, -0.25) is 0 Å². The van der Waals surface area contributed by atoms with Gasteiger partial charge < -0.3 is 24.1 Å². The molecule has 8 nitrogen and oxygen atoms in total. The average molecular weight is 355 g/mol. The van der Waals surface area contributed by atoms with E-state index in [9.17, 15) is 14.7 Å². The minimum atomic E-state index is -1.04. The number of amides is 1. The molecule has 1 N–H and O–H groups in total. The number of ether oxygens (including phenoxy) is 1. The van der Waals surface area contributed by atoms with Gasteiger partial charge in [0.2, 0.25) is 0 Å². The summed E-state index contributed by atoms with van der Waals surface area (Å²) in [4.78, 5) is 31.4. The van der Waals surface area contributed by atoms with E-state index in [1.165, 1.54) is 6.07 Å². The van der Waals surface area contributed by atoms with Gasteiger partial charge in [-0.25, -0.2) is 9.59 Å². The number of hydrogen-bond donors (Lipinski definition) is 1. The predicted octanol–water partition coefficient (Wildman–Crippen LogP) is 1.93. The molecule has 0 radical (unpaired) electrons. The van der Waals surface area contributed by atoms with Crippen molar-refractivity contribution in [2.75, 3.05) is 24.6 Å². The Morgan fingerprint density at radius 3 is 2.54 bits per heavy atom. The van der Waals surface area contributed by atoms with Crippen LogP contribution < -0.4 is 4.90 Å². The molecule has 2 atom stereocenters. The van der Waals surface area contributed by atoms with Gasteiger partial charge in [0.25, 0.3) is 6.01 Å². The van der Waals surface area contributed by atoms with Gasteiger partial charge in [-0.15, -0.1) is 0 Å². The topological polar surface area (TPSA) is 96.1 Å². The molecule has 136 valence electrons. The van der Waals surface area contributed by atoms with Gasteiger partial charge in [-0.05, 0) is 32.9 Å². The van der Waals surface area contributed by atoms with E-state index < -0.39 is 5.97 Å². The third kappa shape index (κ3) is 3.67. The molecule has 0 aliphatic carbocycles. The van der Waals surface area contributed by atoms with E-state index in [1.807, 2.05) is 18.7 Å². The Morgan fingerprint density at radius 2 is 1.96 bits per heavy atom. The number of carbonyl (C=O) groups excluding carboxylic acids is 1. The summed E-state index contributed by atoms with van der Waals surface area (Å²) in [5, 5.41) is 9.30. The SMILES string of the molecule is CCOC(=O)N1CC(C)N(c2nc3c(C(=O)O)cccc3o2)C(C)C1.[LiH]. The molecule has 2 unspecified atom stereocenters. The number of aromatic nitrogens is 1. The molecule has 0 saturated carbocycles. The molecule has 1 fully saturated rings. The molecular formula is C17H22LiN3O5. The van der Waals surface area contributed by atoms with E-state index >= 15 is 0 Å². The van der Waals surface area contributed by atoms with Crippen LogP contribution in [0.4, 0.5) is 10.8 Å². The van der Waals surface area contributed by atoms with Crippen LogP contribution in [0.3, 0.4) is 0 Å². The van der Waals surface area contributed by atoms with Crippen molar-refractivity contribution < 1.29 is 23.8 Å². The van der Waals surface area contributed by atoms with Gasteiger partial charge in [-0.2, -0.15) is 4.98 Å². The summed E-state index contributed by atoms with van der Waals surface area (Å²) >= 11 is 0. The normalized spacial score (nSPS) is 20.0. The summed E-state index contributed by atoms with van der Waals surface area (Å²) in [6.07, 6.45) is -0.327. The second-order valence-electron chi connectivity index (χ2n) is 6.16. The van der Waals surface area contributed by atoms with Gasteiger partial charge in [0.15, 0.2) is 5.58 Å². The van der Waals surface area contributed by atoms with Gasteiger partial charge in [0, 0.05) is 25.2 Å². The van der Waals surface area contributed by atoms with E-state index in [0.717, 1.165) is 0 Å². The summed E-state index contributed by atoms with van der Waals surface area (Å²) in [7, 11) is 0. The zero-order valence-electron chi connectivity index (χ0n) is 14.4. The van der Waals surface area contributed by atoms with Crippen molar-refractivity contribution >= 4 is 48.0 Å². The maximum atomic E-state index is 12.0. The van der Waals surface area contributed by atoms with Crippen molar-refractivity contribution in [2.45, 2.75) is 32.9 Å². The summed E-state index contributed by atoms with van der Waals surface area (Å²) < 4.78 is 10.9. The summed E-state index contributed by atoms with van der Waals surface area (Å²) in [6, 6.07) is 5.10. The monoisotopic (exact) mass is 355 g/mol. The Hall–Kier alpha value is -2.17. The van der Waals surface area contributed by atoms with Crippen molar-refractivity contribution in [3.8, 4) is 0 Å². The number of hydrogen-bond acceptors (Lipinski definition) is 6. The number of aromatic carboxylic acids is 1. The van der Waals surface area contributed by atoms with Crippen LogP contribution in [0.1, 0.15) is 31.1 Å². The molecule has 1 aliphatic rings. The molecule has 1 aliphatic heterocycles. The number of carbonyl (C=O) groups is 2. The van der Waals surface area contributed by atoms with Crippen molar-refractivity contribution in [1.82, 2.24) is 9.88 Å².